The monoisotopic (exact) mass is 424 g/mol. The van der Waals surface area contributed by atoms with E-state index in [1.807, 2.05) is 0 Å². The Morgan fingerprint density at radius 1 is 0.531 bits per heavy atom. The zero-order valence-corrected chi connectivity index (χ0v) is 16.6. The van der Waals surface area contributed by atoms with Crippen molar-refractivity contribution >= 4 is 34.3 Å². The van der Waals surface area contributed by atoms with Gasteiger partial charge in [-0.05, 0) is 29.0 Å². The van der Waals surface area contributed by atoms with Gasteiger partial charge in [0.25, 0.3) is 0 Å². The maximum atomic E-state index is 13.4. The molecule has 0 unspecified atom stereocenters. The SMILES string of the molecule is O=C(O)c1ccc2c(C(=O)c3ccccc3)c(C(=O)O)c(C(=O)c3ccccc3)cc2c1. The van der Waals surface area contributed by atoms with Crippen molar-refractivity contribution in [1.82, 2.24) is 0 Å². The molecule has 0 saturated heterocycles. The third-order valence-corrected chi connectivity index (χ3v) is 5.14. The van der Waals surface area contributed by atoms with E-state index < -0.39 is 29.1 Å². The summed E-state index contributed by atoms with van der Waals surface area (Å²) >= 11 is 0. The molecule has 0 radical (unpaired) electrons. The molecule has 0 heterocycles. The highest BCUT2D eigenvalue weighted by Crippen LogP contribution is 2.31. The largest absolute Gasteiger partial charge is 0.478 e. The summed E-state index contributed by atoms with van der Waals surface area (Å²) in [7, 11) is 0. The molecule has 32 heavy (non-hydrogen) atoms. The van der Waals surface area contributed by atoms with Gasteiger partial charge in [-0.1, -0.05) is 66.7 Å². The van der Waals surface area contributed by atoms with E-state index in [0.29, 0.717) is 0 Å². The predicted octanol–water partition coefficient (Wildman–Crippen LogP) is 4.70. The molecule has 0 fully saturated rings. The number of aromatic carboxylic acids is 2. The summed E-state index contributed by atoms with van der Waals surface area (Å²) in [4.78, 5) is 50.5. The van der Waals surface area contributed by atoms with Crippen molar-refractivity contribution in [3.63, 3.8) is 0 Å². The topological polar surface area (TPSA) is 109 Å². The Balaban J connectivity index is 2.10. The number of ketones is 2. The molecule has 0 aliphatic heterocycles. The summed E-state index contributed by atoms with van der Waals surface area (Å²) in [6.45, 7) is 0. The smallest absolute Gasteiger partial charge is 0.337 e. The quantitative estimate of drug-likeness (QED) is 0.435. The Hall–Kier alpha value is -4.58. The number of carbonyl (C=O) groups is 4. The summed E-state index contributed by atoms with van der Waals surface area (Å²) in [5.41, 5.74) is -0.291. The number of carboxylic acid groups (broad SMARTS) is 2. The maximum Gasteiger partial charge on any atom is 0.337 e. The number of hydrogen-bond donors (Lipinski definition) is 2. The normalized spacial score (nSPS) is 10.6. The van der Waals surface area contributed by atoms with E-state index in [4.69, 9.17) is 0 Å². The van der Waals surface area contributed by atoms with Crippen LogP contribution in [0.4, 0.5) is 0 Å². The molecule has 4 aromatic carbocycles. The van der Waals surface area contributed by atoms with Gasteiger partial charge in [-0.25, -0.2) is 9.59 Å². The van der Waals surface area contributed by atoms with Crippen LogP contribution >= 0.6 is 0 Å². The summed E-state index contributed by atoms with van der Waals surface area (Å²) in [6.07, 6.45) is 0. The minimum atomic E-state index is -1.42. The fourth-order valence-electron chi connectivity index (χ4n) is 3.66. The second-order valence-electron chi connectivity index (χ2n) is 7.11. The molecule has 0 atom stereocenters. The van der Waals surface area contributed by atoms with Gasteiger partial charge in [-0.15, -0.1) is 0 Å². The van der Waals surface area contributed by atoms with E-state index in [-0.39, 0.29) is 38.6 Å². The Kier molecular flexibility index (Phi) is 5.35. The molecular weight excluding hydrogens is 408 g/mol. The van der Waals surface area contributed by atoms with E-state index in [0.717, 1.165) is 0 Å². The lowest BCUT2D eigenvalue weighted by Crippen LogP contribution is -2.17. The number of rotatable bonds is 6. The van der Waals surface area contributed by atoms with Crippen molar-refractivity contribution < 1.29 is 29.4 Å². The van der Waals surface area contributed by atoms with Gasteiger partial charge < -0.3 is 10.2 Å². The van der Waals surface area contributed by atoms with Crippen molar-refractivity contribution in [1.29, 1.82) is 0 Å². The molecule has 0 bridgehead atoms. The van der Waals surface area contributed by atoms with Gasteiger partial charge in [0.2, 0.25) is 0 Å². The molecule has 4 rings (SSSR count). The second kappa shape index (κ2) is 8.28. The standard InChI is InChI=1S/C26H16O6/c27-23(15-7-3-1-4-8-15)20-14-18-13-17(25(29)30)11-12-19(18)21(22(20)26(31)32)24(28)16-9-5-2-6-10-16/h1-14H,(H,29,30)(H,31,32). The number of carboxylic acids is 2. The van der Waals surface area contributed by atoms with Crippen LogP contribution < -0.4 is 0 Å². The molecule has 0 amide bonds. The van der Waals surface area contributed by atoms with Crippen LogP contribution in [0.1, 0.15) is 52.6 Å². The number of carbonyl (C=O) groups excluding carboxylic acids is 2. The minimum absolute atomic E-state index is 0.0446. The molecule has 0 saturated carbocycles. The van der Waals surface area contributed by atoms with Gasteiger partial charge >= 0.3 is 11.9 Å². The molecule has 0 aliphatic carbocycles. The van der Waals surface area contributed by atoms with Crippen molar-refractivity contribution in [2.45, 2.75) is 0 Å². The molecule has 0 aromatic heterocycles. The van der Waals surface area contributed by atoms with Gasteiger partial charge in [-0.3, -0.25) is 9.59 Å². The van der Waals surface area contributed by atoms with Crippen LogP contribution in [0.15, 0.2) is 84.9 Å². The fourth-order valence-corrected chi connectivity index (χ4v) is 3.66. The number of hydrogen-bond acceptors (Lipinski definition) is 4. The molecule has 6 nitrogen and oxygen atoms in total. The average Bonchev–Trinajstić information content (AvgIpc) is 2.82. The summed E-state index contributed by atoms with van der Waals surface area (Å²) in [5, 5.41) is 20.0. The molecule has 156 valence electrons. The van der Waals surface area contributed by atoms with Crippen LogP contribution in [0.2, 0.25) is 0 Å². The Morgan fingerprint density at radius 2 is 1.09 bits per heavy atom. The van der Waals surface area contributed by atoms with Crippen LogP contribution in [0.3, 0.4) is 0 Å². The molecule has 2 N–H and O–H groups in total. The number of fused-ring (bicyclic) bond motifs is 1. The van der Waals surface area contributed by atoms with Gasteiger partial charge in [-0.2, -0.15) is 0 Å². The summed E-state index contributed by atoms with van der Waals surface area (Å²) in [5.74, 6) is -3.75. The van der Waals surface area contributed by atoms with Crippen LogP contribution in [0.25, 0.3) is 10.8 Å². The highest BCUT2D eigenvalue weighted by atomic mass is 16.4. The predicted molar refractivity (Wildman–Crippen MR) is 118 cm³/mol. The van der Waals surface area contributed by atoms with E-state index >= 15 is 0 Å². The van der Waals surface area contributed by atoms with Crippen molar-refractivity contribution in [3.05, 3.63) is 118 Å². The Bertz CT molecular complexity index is 1390. The van der Waals surface area contributed by atoms with Crippen molar-refractivity contribution in [2.75, 3.05) is 0 Å². The first kappa shape index (κ1) is 20.7. The van der Waals surface area contributed by atoms with Gasteiger partial charge in [0.15, 0.2) is 11.6 Å². The van der Waals surface area contributed by atoms with Crippen molar-refractivity contribution in [3.8, 4) is 0 Å². The van der Waals surface area contributed by atoms with Gasteiger partial charge in [0, 0.05) is 22.3 Å². The summed E-state index contributed by atoms with van der Waals surface area (Å²) < 4.78 is 0. The fraction of sp³-hybridized carbons (Fsp3) is 0. The van der Waals surface area contributed by atoms with Crippen LogP contribution in [-0.4, -0.2) is 33.7 Å². The van der Waals surface area contributed by atoms with Gasteiger partial charge in [0.1, 0.15) is 0 Å². The van der Waals surface area contributed by atoms with E-state index in [2.05, 4.69) is 0 Å². The summed E-state index contributed by atoms with van der Waals surface area (Å²) in [6, 6.07) is 21.6. The lowest BCUT2D eigenvalue weighted by Gasteiger charge is -2.15. The van der Waals surface area contributed by atoms with E-state index in [1.165, 1.54) is 24.3 Å². The second-order valence-corrected chi connectivity index (χ2v) is 7.11. The highest BCUT2D eigenvalue weighted by molar-refractivity contribution is 6.26. The Morgan fingerprint density at radius 3 is 1.62 bits per heavy atom. The van der Waals surface area contributed by atoms with E-state index in [9.17, 15) is 29.4 Å². The molecular formula is C26H16O6. The van der Waals surface area contributed by atoms with Crippen LogP contribution in [-0.2, 0) is 0 Å². The molecule has 4 aromatic rings. The minimum Gasteiger partial charge on any atom is -0.478 e. The third kappa shape index (κ3) is 3.65. The average molecular weight is 424 g/mol. The lowest BCUT2D eigenvalue weighted by atomic mass is 9.86. The third-order valence-electron chi connectivity index (χ3n) is 5.14. The molecule has 6 heteroatoms. The van der Waals surface area contributed by atoms with Gasteiger partial charge in [0.05, 0.1) is 11.1 Å². The zero-order chi connectivity index (χ0) is 22.8. The lowest BCUT2D eigenvalue weighted by molar-refractivity contribution is 0.0682. The zero-order valence-electron chi connectivity index (χ0n) is 16.6. The van der Waals surface area contributed by atoms with E-state index in [1.54, 1.807) is 60.7 Å². The maximum absolute atomic E-state index is 13.4. The first-order chi connectivity index (χ1) is 15.4. The molecule has 0 aliphatic rings. The number of benzene rings is 4. The molecule has 0 spiro atoms. The first-order valence-electron chi connectivity index (χ1n) is 9.65. The first-order valence-corrected chi connectivity index (χ1v) is 9.65. The van der Waals surface area contributed by atoms with Crippen molar-refractivity contribution in [2.24, 2.45) is 0 Å². The van der Waals surface area contributed by atoms with Crippen LogP contribution in [0.5, 0.6) is 0 Å². The Labute approximate surface area is 182 Å². The van der Waals surface area contributed by atoms with Crippen LogP contribution in [0, 0.1) is 0 Å². The highest BCUT2D eigenvalue weighted by Gasteiger charge is 2.28.